The molecule has 0 aliphatic carbocycles. The molecule has 0 saturated heterocycles. The van der Waals surface area contributed by atoms with E-state index >= 15 is 0 Å². The summed E-state index contributed by atoms with van der Waals surface area (Å²) in [6, 6.07) is 13.8. The van der Waals surface area contributed by atoms with Crippen molar-refractivity contribution in [1.82, 2.24) is 0 Å². The molecule has 0 fully saturated rings. The number of rotatable bonds is 3. The van der Waals surface area contributed by atoms with Gasteiger partial charge in [-0.15, -0.1) is 0 Å². The van der Waals surface area contributed by atoms with Crippen molar-refractivity contribution >= 4 is 34.4 Å². The van der Waals surface area contributed by atoms with Gasteiger partial charge in [0, 0.05) is 10.9 Å². The molecule has 3 aromatic rings. The molecule has 0 spiro atoms. The van der Waals surface area contributed by atoms with E-state index in [1.807, 2.05) is 0 Å². The van der Waals surface area contributed by atoms with Crippen molar-refractivity contribution in [3.05, 3.63) is 63.8 Å². The highest BCUT2D eigenvalue weighted by Gasteiger charge is 2.19. The zero-order valence-electron chi connectivity index (χ0n) is 13.3. The highest BCUT2D eigenvalue weighted by Crippen LogP contribution is 2.29. The lowest BCUT2D eigenvalue weighted by molar-refractivity contribution is -0.119. The van der Waals surface area contributed by atoms with Crippen LogP contribution >= 0.6 is 11.6 Å². The summed E-state index contributed by atoms with van der Waals surface area (Å²) in [7, 11) is 0. The number of halogens is 1. The van der Waals surface area contributed by atoms with Gasteiger partial charge in [0.05, 0.1) is 10.9 Å². The molecule has 0 saturated carbocycles. The Hall–Kier alpha value is -2.59. The monoisotopic (exact) mass is 341 g/mol. The molecular formula is C19H16ClNO3. The van der Waals surface area contributed by atoms with E-state index in [0.29, 0.717) is 27.1 Å². The second-order valence-corrected chi connectivity index (χ2v) is 6.22. The number of hydrogen-bond donors (Lipinski definition) is 1. The number of nitrogens with one attached hydrogen (secondary N) is 1. The Morgan fingerprint density at radius 1 is 1.08 bits per heavy atom. The maximum atomic E-state index is 12.9. The first-order valence-corrected chi connectivity index (χ1v) is 7.98. The normalized spacial score (nSPS) is 11.0. The molecule has 4 nitrogen and oxygen atoms in total. The van der Waals surface area contributed by atoms with Crippen LogP contribution in [-0.4, -0.2) is 5.91 Å². The summed E-state index contributed by atoms with van der Waals surface area (Å²) in [5, 5.41) is 3.75. The zero-order chi connectivity index (χ0) is 17.3. The van der Waals surface area contributed by atoms with Crippen molar-refractivity contribution in [3.63, 3.8) is 0 Å². The van der Waals surface area contributed by atoms with Gasteiger partial charge in [-0.3, -0.25) is 14.9 Å². The number of anilines is 1. The van der Waals surface area contributed by atoms with E-state index in [-0.39, 0.29) is 23.1 Å². The fraction of sp³-hybridized carbons (Fsp3) is 0.158. The summed E-state index contributed by atoms with van der Waals surface area (Å²) >= 11 is 5.93. The number of amides is 1. The molecule has 1 aromatic heterocycles. The van der Waals surface area contributed by atoms with Gasteiger partial charge in [-0.25, -0.2) is 0 Å². The van der Waals surface area contributed by atoms with Crippen LogP contribution in [0.25, 0.3) is 22.1 Å². The third-order valence-electron chi connectivity index (χ3n) is 3.69. The molecule has 0 atom stereocenters. The molecule has 3 rings (SSSR count). The van der Waals surface area contributed by atoms with E-state index in [4.69, 9.17) is 16.0 Å². The lowest BCUT2D eigenvalue weighted by Gasteiger charge is -2.12. The van der Waals surface area contributed by atoms with Crippen molar-refractivity contribution in [2.45, 2.75) is 13.8 Å². The topological polar surface area (TPSA) is 59.3 Å². The molecule has 1 heterocycles. The molecule has 5 heteroatoms. The summed E-state index contributed by atoms with van der Waals surface area (Å²) in [4.78, 5) is 25.0. The second kappa shape index (κ2) is 6.49. The number of carbonyl (C=O) groups is 1. The summed E-state index contributed by atoms with van der Waals surface area (Å²) in [5.74, 6) is -0.303. The molecule has 0 bridgehead atoms. The van der Waals surface area contributed by atoms with E-state index < -0.39 is 0 Å². The van der Waals surface area contributed by atoms with Crippen molar-refractivity contribution in [3.8, 4) is 11.1 Å². The highest BCUT2D eigenvalue weighted by molar-refractivity contribution is 6.30. The van der Waals surface area contributed by atoms with Crippen LogP contribution in [0, 0.1) is 5.92 Å². The first-order chi connectivity index (χ1) is 11.5. The molecule has 122 valence electrons. The van der Waals surface area contributed by atoms with E-state index in [9.17, 15) is 9.59 Å². The smallest absolute Gasteiger partial charge is 0.229 e. The van der Waals surface area contributed by atoms with Gasteiger partial charge in [0.15, 0.2) is 0 Å². The molecule has 0 unspecified atom stereocenters. The van der Waals surface area contributed by atoms with Gasteiger partial charge in [0.2, 0.25) is 17.2 Å². The predicted molar refractivity (Wildman–Crippen MR) is 96.4 cm³/mol. The summed E-state index contributed by atoms with van der Waals surface area (Å²) in [6.07, 6.45) is 0. The number of fused-ring (bicyclic) bond motifs is 1. The molecule has 1 N–H and O–H groups in total. The average Bonchev–Trinajstić information content (AvgIpc) is 2.56. The second-order valence-electron chi connectivity index (χ2n) is 5.78. The first-order valence-electron chi connectivity index (χ1n) is 7.60. The SMILES string of the molecule is CC(C)C(=O)Nc1oc2ccccc2c(=O)c1-c1ccc(Cl)cc1. The molecule has 2 aromatic carbocycles. The van der Waals surface area contributed by atoms with Gasteiger partial charge in [0.1, 0.15) is 5.58 Å². The van der Waals surface area contributed by atoms with Gasteiger partial charge in [0.25, 0.3) is 0 Å². The minimum atomic E-state index is -0.236. The van der Waals surface area contributed by atoms with Crippen LogP contribution in [0.4, 0.5) is 5.88 Å². The summed E-state index contributed by atoms with van der Waals surface area (Å²) in [6.45, 7) is 3.55. The number of benzene rings is 2. The largest absolute Gasteiger partial charge is 0.439 e. The maximum Gasteiger partial charge on any atom is 0.229 e. The number of para-hydroxylation sites is 1. The standard InChI is InChI=1S/C19H16ClNO3/c1-11(2)18(23)21-19-16(12-7-9-13(20)10-8-12)17(22)14-5-3-4-6-15(14)24-19/h3-11H,1-2H3,(H,21,23). The average molecular weight is 342 g/mol. The van der Waals surface area contributed by atoms with Crippen molar-refractivity contribution < 1.29 is 9.21 Å². The first kappa shape index (κ1) is 16.3. The zero-order valence-corrected chi connectivity index (χ0v) is 14.1. The fourth-order valence-corrected chi connectivity index (χ4v) is 2.49. The van der Waals surface area contributed by atoms with Crippen molar-refractivity contribution in [2.24, 2.45) is 5.92 Å². The third-order valence-corrected chi connectivity index (χ3v) is 3.94. The lowest BCUT2D eigenvalue weighted by atomic mass is 10.0. The van der Waals surface area contributed by atoms with Crippen LogP contribution in [0.5, 0.6) is 0 Å². The quantitative estimate of drug-likeness (QED) is 0.750. The Labute approximate surface area is 144 Å². The molecule has 1 amide bonds. The minimum absolute atomic E-state index is 0.153. The Morgan fingerprint density at radius 3 is 2.42 bits per heavy atom. The lowest BCUT2D eigenvalue weighted by Crippen LogP contribution is -2.20. The summed E-state index contributed by atoms with van der Waals surface area (Å²) in [5.41, 5.74) is 1.19. The van der Waals surface area contributed by atoms with Gasteiger partial charge in [-0.1, -0.05) is 49.7 Å². The van der Waals surface area contributed by atoms with E-state index in [1.54, 1.807) is 62.4 Å². The van der Waals surface area contributed by atoms with Gasteiger partial charge in [-0.2, -0.15) is 0 Å². The van der Waals surface area contributed by atoms with E-state index in [1.165, 1.54) is 0 Å². The molecule has 0 aliphatic rings. The molecule has 0 aliphatic heterocycles. The Kier molecular flexibility index (Phi) is 4.40. The third kappa shape index (κ3) is 3.05. The Bertz CT molecular complexity index is 959. The highest BCUT2D eigenvalue weighted by atomic mass is 35.5. The van der Waals surface area contributed by atoms with Crippen LogP contribution in [-0.2, 0) is 4.79 Å². The van der Waals surface area contributed by atoms with Crippen molar-refractivity contribution in [2.75, 3.05) is 5.32 Å². The minimum Gasteiger partial charge on any atom is -0.439 e. The maximum absolute atomic E-state index is 12.9. The van der Waals surface area contributed by atoms with Crippen molar-refractivity contribution in [1.29, 1.82) is 0 Å². The summed E-state index contributed by atoms with van der Waals surface area (Å²) < 4.78 is 5.81. The molecule has 0 radical (unpaired) electrons. The molecular weight excluding hydrogens is 326 g/mol. The van der Waals surface area contributed by atoms with Gasteiger partial charge < -0.3 is 4.42 Å². The van der Waals surface area contributed by atoms with E-state index in [0.717, 1.165) is 0 Å². The predicted octanol–water partition coefficient (Wildman–Crippen LogP) is 4.71. The molecule has 24 heavy (non-hydrogen) atoms. The van der Waals surface area contributed by atoms with Crippen LogP contribution in [0.3, 0.4) is 0 Å². The number of carbonyl (C=O) groups excluding carboxylic acids is 1. The van der Waals surface area contributed by atoms with Gasteiger partial charge in [-0.05, 0) is 29.8 Å². The van der Waals surface area contributed by atoms with Crippen LogP contribution in [0.15, 0.2) is 57.7 Å². The fourth-order valence-electron chi connectivity index (χ4n) is 2.36. The number of hydrogen-bond acceptors (Lipinski definition) is 3. The van der Waals surface area contributed by atoms with Gasteiger partial charge >= 0.3 is 0 Å². The Morgan fingerprint density at radius 2 is 1.75 bits per heavy atom. The van der Waals surface area contributed by atoms with E-state index in [2.05, 4.69) is 5.32 Å². The van der Waals surface area contributed by atoms with Crippen LogP contribution in [0.2, 0.25) is 5.02 Å². The van der Waals surface area contributed by atoms with Crippen LogP contribution < -0.4 is 10.7 Å². The van der Waals surface area contributed by atoms with Crippen LogP contribution in [0.1, 0.15) is 13.8 Å². The Balaban J connectivity index is 2.27.